The second kappa shape index (κ2) is 6.49. The van der Waals surface area contributed by atoms with E-state index in [0.717, 1.165) is 24.7 Å². The summed E-state index contributed by atoms with van der Waals surface area (Å²) in [5.74, 6) is 1.93. The molecule has 0 unspecified atom stereocenters. The molecule has 3 aromatic rings. The number of thiophene rings is 1. The highest BCUT2D eigenvalue weighted by molar-refractivity contribution is 7.10. The molecule has 4 nitrogen and oxygen atoms in total. The van der Waals surface area contributed by atoms with E-state index in [-0.39, 0.29) is 0 Å². The number of hydrogen-bond donors (Lipinski definition) is 0. The van der Waals surface area contributed by atoms with Crippen molar-refractivity contribution >= 4 is 11.3 Å². The van der Waals surface area contributed by atoms with Crippen LogP contribution in [-0.2, 0) is 6.54 Å². The van der Waals surface area contributed by atoms with Crippen molar-refractivity contribution in [3.63, 3.8) is 0 Å². The summed E-state index contributed by atoms with van der Waals surface area (Å²) in [6.45, 7) is 6.40. The molecule has 0 radical (unpaired) electrons. The second-order valence-corrected chi connectivity index (χ2v) is 7.42. The number of hydrogen-bond acceptors (Lipinski definition) is 4. The first kappa shape index (κ1) is 15.5. The Labute approximate surface area is 146 Å². The second-order valence-electron chi connectivity index (χ2n) is 6.42. The molecule has 0 amide bonds. The Balaban J connectivity index is 1.61. The van der Waals surface area contributed by atoms with Crippen molar-refractivity contribution in [1.29, 1.82) is 0 Å². The van der Waals surface area contributed by atoms with Crippen molar-refractivity contribution in [3.05, 3.63) is 64.0 Å². The highest BCUT2D eigenvalue weighted by atomic mass is 32.1. The highest BCUT2D eigenvalue weighted by Gasteiger charge is 2.27. The maximum absolute atomic E-state index is 4.94. The largest absolute Gasteiger partial charge is 0.290 e. The molecule has 124 valence electrons. The van der Waals surface area contributed by atoms with Crippen LogP contribution in [0.4, 0.5) is 0 Å². The van der Waals surface area contributed by atoms with Gasteiger partial charge in [-0.1, -0.05) is 6.07 Å². The zero-order valence-electron chi connectivity index (χ0n) is 14.1. The maximum atomic E-state index is 4.94. The van der Waals surface area contributed by atoms with Gasteiger partial charge in [-0.3, -0.25) is 9.47 Å². The first-order valence-electron chi connectivity index (χ1n) is 8.46. The number of nitrogens with zero attached hydrogens (tertiary/aromatic N) is 4. The first-order valence-corrected chi connectivity index (χ1v) is 9.34. The first-order chi connectivity index (χ1) is 11.7. The summed E-state index contributed by atoms with van der Waals surface area (Å²) < 4.78 is 2.05. The lowest BCUT2D eigenvalue weighted by molar-refractivity contribution is 0.246. The number of rotatable bonds is 4. The van der Waals surface area contributed by atoms with Gasteiger partial charge in [0.05, 0.1) is 11.7 Å². The van der Waals surface area contributed by atoms with Crippen LogP contribution in [0.25, 0.3) is 5.82 Å². The minimum atomic E-state index is 0.412. The average Bonchev–Trinajstić information content (AvgIpc) is 3.31. The van der Waals surface area contributed by atoms with E-state index in [1.54, 1.807) is 0 Å². The molecule has 1 saturated heterocycles. The molecule has 1 aliphatic heterocycles. The van der Waals surface area contributed by atoms with E-state index in [0.29, 0.717) is 6.04 Å². The fourth-order valence-corrected chi connectivity index (χ4v) is 4.41. The Morgan fingerprint density at radius 2 is 2.17 bits per heavy atom. The lowest BCUT2D eigenvalue weighted by Crippen LogP contribution is -2.23. The highest BCUT2D eigenvalue weighted by Crippen LogP contribution is 2.33. The summed E-state index contributed by atoms with van der Waals surface area (Å²) in [5, 5.41) is 2.19. The molecule has 24 heavy (non-hydrogen) atoms. The van der Waals surface area contributed by atoms with Gasteiger partial charge in [0.15, 0.2) is 0 Å². The van der Waals surface area contributed by atoms with Gasteiger partial charge in [-0.2, -0.15) is 0 Å². The van der Waals surface area contributed by atoms with Gasteiger partial charge in [0.25, 0.3) is 0 Å². The van der Waals surface area contributed by atoms with Crippen molar-refractivity contribution in [2.24, 2.45) is 0 Å². The van der Waals surface area contributed by atoms with Gasteiger partial charge in [-0.15, -0.1) is 11.3 Å². The summed E-state index contributed by atoms with van der Waals surface area (Å²) in [4.78, 5) is 13.3. The third kappa shape index (κ3) is 2.89. The Morgan fingerprint density at radius 1 is 1.25 bits per heavy atom. The van der Waals surface area contributed by atoms with Crippen molar-refractivity contribution in [1.82, 2.24) is 19.4 Å². The van der Waals surface area contributed by atoms with Crippen LogP contribution in [0, 0.1) is 13.8 Å². The van der Waals surface area contributed by atoms with E-state index in [9.17, 15) is 0 Å². The molecule has 0 aromatic carbocycles. The van der Waals surface area contributed by atoms with Crippen LogP contribution in [0.1, 0.15) is 40.8 Å². The predicted octanol–water partition coefficient (Wildman–Crippen LogP) is 4.28. The van der Waals surface area contributed by atoms with Gasteiger partial charge >= 0.3 is 0 Å². The molecule has 0 aliphatic carbocycles. The topological polar surface area (TPSA) is 34.0 Å². The number of pyridine rings is 1. The van der Waals surface area contributed by atoms with Gasteiger partial charge < -0.3 is 0 Å². The van der Waals surface area contributed by atoms with Gasteiger partial charge in [0.2, 0.25) is 0 Å². The van der Waals surface area contributed by atoms with Crippen LogP contribution in [0.5, 0.6) is 0 Å². The molecular weight excluding hydrogens is 316 g/mol. The molecule has 0 N–H and O–H groups in total. The van der Waals surface area contributed by atoms with E-state index >= 15 is 0 Å². The van der Waals surface area contributed by atoms with E-state index in [2.05, 4.69) is 46.5 Å². The smallest absolute Gasteiger partial charge is 0.138 e. The van der Waals surface area contributed by atoms with E-state index in [1.165, 1.54) is 29.0 Å². The fourth-order valence-electron chi connectivity index (χ4n) is 3.48. The van der Waals surface area contributed by atoms with E-state index in [1.807, 2.05) is 35.2 Å². The van der Waals surface area contributed by atoms with Crippen LogP contribution in [0.3, 0.4) is 0 Å². The van der Waals surface area contributed by atoms with Crippen molar-refractivity contribution in [2.45, 2.75) is 39.3 Å². The maximum Gasteiger partial charge on any atom is 0.138 e. The minimum Gasteiger partial charge on any atom is -0.290 e. The quantitative estimate of drug-likeness (QED) is 0.712. The normalized spacial score (nSPS) is 18.3. The molecule has 1 aliphatic rings. The molecule has 0 bridgehead atoms. The van der Waals surface area contributed by atoms with Crippen molar-refractivity contribution in [3.8, 4) is 5.82 Å². The minimum absolute atomic E-state index is 0.412. The number of aryl methyl sites for hydroxylation is 2. The molecule has 4 rings (SSSR count). The van der Waals surface area contributed by atoms with Crippen LogP contribution < -0.4 is 0 Å². The Bertz CT molecular complexity index is 835. The van der Waals surface area contributed by atoms with E-state index in [4.69, 9.17) is 4.98 Å². The molecule has 0 saturated carbocycles. The zero-order valence-corrected chi connectivity index (χ0v) is 15.0. The third-order valence-corrected chi connectivity index (χ3v) is 5.86. The number of aromatic nitrogens is 3. The average molecular weight is 338 g/mol. The summed E-state index contributed by atoms with van der Waals surface area (Å²) in [6.07, 6.45) is 6.23. The van der Waals surface area contributed by atoms with E-state index < -0.39 is 0 Å². The third-order valence-electron chi connectivity index (χ3n) is 4.85. The lowest BCUT2D eigenvalue weighted by Gasteiger charge is -2.24. The Kier molecular flexibility index (Phi) is 4.21. The molecule has 3 aromatic heterocycles. The van der Waals surface area contributed by atoms with Crippen LogP contribution in [-0.4, -0.2) is 26.0 Å². The predicted molar refractivity (Wildman–Crippen MR) is 97.5 cm³/mol. The molecule has 4 heterocycles. The number of imidazole rings is 1. The van der Waals surface area contributed by atoms with Gasteiger partial charge in [-0.05, 0) is 62.4 Å². The molecule has 1 fully saturated rings. The van der Waals surface area contributed by atoms with Crippen LogP contribution >= 0.6 is 11.3 Å². The van der Waals surface area contributed by atoms with Gasteiger partial charge in [-0.25, -0.2) is 9.97 Å². The summed E-state index contributed by atoms with van der Waals surface area (Å²) in [5.41, 5.74) is 2.58. The molecule has 1 atom stereocenters. The SMILES string of the molecule is Cc1ccsc1CN1CCC[C@@H]1c1cccc(-n2ccnc2C)n1. The standard InChI is InChI=1S/C19H22N4S/c1-14-8-12-24-18(14)13-22-10-4-6-17(22)16-5-3-7-19(21-16)23-11-9-20-15(23)2/h3,5,7-9,11-12,17H,4,6,10,13H2,1-2H3/t17-/m1/s1. The summed E-state index contributed by atoms with van der Waals surface area (Å²) >= 11 is 1.86. The molecule has 0 spiro atoms. The lowest BCUT2D eigenvalue weighted by atomic mass is 10.1. The molecule has 5 heteroatoms. The zero-order chi connectivity index (χ0) is 16.5. The number of likely N-dealkylation sites (tertiary alicyclic amines) is 1. The van der Waals surface area contributed by atoms with Crippen molar-refractivity contribution in [2.75, 3.05) is 6.54 Å². The van der Waals surface area contributed by atoms with Crippen LogP contribution in [0.15, 0.2) is 42.0 Å². The Morgan fingerprint density at radius 3 is 2.92 bits per heavy atom. The molecular formula is C19H22N4S. The summed E-state index contributed by atoms with van der Waals surface area (Å²) in [6, 6.07) is 8.96. The van der Waals surface area contributed by atoms with Crippen LogP contribution in [0.2, 0.25) is 0 Å². The van der Waals surface area contributed by atoms with Crippen molar-refractivity contribution < 1.29 is 0 Å². The monoisotopic (exact) mass is 338 g/mol. The van der Waals surface area contributed by atoms with Gasteiger partial charge in [0, 0.05) is 23.8 Å². The Hall–Kier alpha value is -1.98. The fraction of sp³-hybridized carbons (Fsp3) is 0.368. The van der Waals surface area contributed by atoms with Gasteiger partial charge in [0.1, 0.15) is 11.6 Å². The summed E-state index contributed by atoms with van der Waals surface area (Å²) in [7, 11) is 0.